The summed E-state index contributed by atoms with van der Waals surface area (Å²) in [7, 11) is 0. The second kappa shape index (κ2) is 7.14. The van der Waals surface area contributed by atoms with Crippen molar-refractivity contribution < 1.29 is 0 Å². The Labute approximate surface area is 120 Å². The first-order valence-electron chi connectivity index (χ1n) is 7.26. The van der Waals surface area contributed by atoms with Crippen LogP contribution in [0.3, 0.4) is 0 Å². The van der Waals surface area contributed by atoms with E-state index in [1.54, 1.807) is 0 Å². The monoisotopic (exact) mass is 273 g/mol. The number of hydrogen-bond acceptors (Lipinski definition) is 4. The third-order valence-electron chi connectivity index (χ3n) is 3.21. The minimum absolute atomic E-state index is 0.411. The van der Waals surface area contributed by atoms with Crippen LogP contribution in [0.4, 0.5) is 0 Å². The number of benzene rings is 1. The summed E-state index contributed by atoms with van der Waals surface area (Å²) in [6.07, 6.45) is 1.96. The van der Waals surface area contributed by atoms with Crippen molar-refractivity contribution in [3.05, 3.63) is 36.2 Å². The summed E-state index contributed by atoms with van der Waals surface area (Å²) in [6, 6.07) is 10.4. The van der Waals surface area contributed by atoms with E-state index >= 15 is 0 Å². The van der Waals surface area contributed by atoms with Gasteiger partial charge in [0.15, 0.2) is 5.82 Å². The van der Waals surface area contributed by atoms with Gasteiger partial charge in [0.1, 0.15) is 0 Å². The van der Waals surface area contributed by atoms with Crippen LogP contribution in [0.15, 0.2) is 30.3 Å². The molecular formula is C15H23N5. The topological polar surface area (TPSA) is 55.6 Å². The SMILES string of the molecule is CCNC(Cc1nnnn1-c1ccccc1)CC(C)C. The van der Waals surface area contributed by atoms with Gasteiger partial charge in [-0.3, -0.25) is 0 Å². The summed E-state index contributed by atoms with van der Waals surface area (Å²) >= 11 is 0. The highest BCUT2D eigenvalue weighted by atomic mass is 15.5. The fourth-order valence-electron chi connectivity index (χ4n) is 2.42. The van der Waals surface area contributed by atoms with E-state index in [9.17, 15) is 0 Å². The molecule has 0 bridgehead atoms. The fourth-order valence-corrected chi connectivity index (χ4v) is 2.42. The zero-order chi connectivity index (χ0) is 14.4. The van der Waals surface area contributed by atoms with Gasteiger partial charge in [-0.05, 0) is 41.4 Å². The average Bonchev–Trinajstić information content (AvgIpc) is 2.87. The summed E-state index contributed by atoms with van der Waals surface area (Å²) in [6.45, 7) is 7.58. The molecule has 0 fully saturated rings. The largest absolute Gasteiger partial charge is 0.314 e. The third-order valence-corrected chi connectivity index (χ3v) is 3.21. The van der Waals surface area contributed by atoms with Crippen molar-refractivity contribution >= 4 is 0 Å². The molecule has 0 saturated carbocycles. The average molecular weight is 273 g/mol. The van der Waals surface area contributed by atoms with E-state index in [1.807, 2.05) is 35.0 Å². The Morgan fingerprint density at radius 3 is 2.60 bits per heavy atom. The molecule has 2 aromatic rings. The molecule has 1 unspecified atom stereocenters. The molecule has 1 N–H and O–H groups in total. The number of nitrogens with zero attached hydrogens (tertiary/aromatic N) is 4. The van der Waals surface area contributed by atoms with Crippen LogP contribution >= 0.6 is 0 Å². The number of hydrogen-bond donors (Lipinski definition) is 1. The molecular weight excluding hydrogens is 250 g/mol. The first kappa shape index (κ1) is 14.7. The number of rotatable bonds is 7. The van der Waals surface area contributed by atoms with Gasteiger partial charge in [0, 0.05) is 12.5 Å². The minimum atomic E-state index is 0.411. The molecule has 0 aliphatic heterocycles. The molecule has 1 atom stereocenters. The lowest BCUT2D eigenvalue weighted by Gasteiger charge is -2.19. The Bertz CT molecular complexity index is 506. The van der Waals surface area contributed by atoms with E-state index < -0.39 is 0 Å². The molecule has 108 valence electrons. The zero-order valence-corrected chi connectivity index (χ0v) is 12.5. The van der Waals surface area contributed by atoms with Crippen molar-refractivity contribution in [2.75, 3.05) is 6.54 Å². The normalized spacial score (nSPS) is 12.8. The highest BCUT2D eigenvalue weighted by Crippen LogP contribution is 2.12. The Hall–Kier alpha value is -1.75. The summed E-state index contributed by atoms with van der Waals surface area (Å²) < 4.78 is 1.82. The summed E-state index contributed by atoms with van der Waals surface area (Å²) in [4.78, 5) is 0. The number of nitrogens with one attached hydrogen (secondary N) is 1. The third kappa shape index (κ3) is 3.87. The summed E-state index contributed by atoms with van der Waals surface area (Å²) in [5.41, 5.74) is 1.01. The van der Waals surface area contributed by atoms with Crippen LogP contribution < -0.4 is 5.32 Å². The molecule has 0 aliphatic rings. The first-order valence-corrected chi connectivity index (χ1v) is 7.26. The molecule has 5 heteroatoms. The zero-order valence-electron chi connectivity index (χ0n) is 12.5. The lowest BCUT2D eigenvalue weighted by Crippen LogP contribution is -2.33. The molecule has 1 aromatic heterocycles. The Morgan fingerprint density at radius 2 is 1.95 bits per heavy atom. The van der Waals surface area contributed by atoms with Gasteiger partial charge in [-0.25, -0.2) is 0 Å². The molecule has 20 heavy (non-hydrogen) atoms. The van der Waals surface area contributed by atoms with Crippen molar-refractivity contribution in [3.8, 4) is 5.69 Å². The van der Waals surface area contributed by atoms with E-state index in [4.69, 9.17) is 0 Å². The minimum Gasteiger partial charge on any atom is -0.314 e. The first-order chi connectivity index (χ1) is 9.70. The van der Waals surface area contributed by atoms with E-state index in [0.29, 0.717) is 12.0 Å². The van der Waals surface area contributed by atoms with Crippen molar-refractivity contribution in [2.45, 2.75) is 39.7 Å². The predicted molar refractivity (Wildman–Crippen MR) is 79.8 cm³/mol. The molecule has 0 aliphatic carbocycles. The van der Waals surface area contributed by atoms with Crippen molar-refractivity contribution in [3.63, 3.8) is 0 Å². The smallest absolute Gasteiger partial charge is 0.158 e. The lowest BCUT2D eigenvalue weighted by atomic mass is 10.0. The van der Waals surface area contributed by atoms with Crippen LogP contribution in [0.5, 0.6) is 0 Å². The second-order valence-corrected chi connectivity index (χ2v) is 5.43. The van der Waals surface area contributed by atoms with Crippen LogP contribution in [0.1, 0.15) is 33.0 Å². The van der Waals surface area contributed by atoms with Crippen LogP contribution in [-0.4, -0.2) is 32.8 Å². The maximum Gasteiger partial charge on any atom is 0.158 e. The molecule has 0 amide bonds. The van der Waals surface area contributed by atoms with Crippen LogP contribution in [0.25, 0.3) is 5.69 Å². The summed E-state index contributed by atoms with van der Waals surface area (Å²) in [5.74, 6) is 1.56. The van der Waals surface area contributed by atoms with Crippen molar-refractivity contribution in [2.24, 2.45) is 5.92 Å². The molecule has 1 heterocycles. The number of likely N-dealkylation sites (N-methyl/N-ethyl adjacent to an activating group) is 1. The van der Waals surface area contributed by atoms with E-state index in [1.165, 1.54) is 0 Å². The van der Waals surface area contributed by atoms with Crippen LogP contribution in [0.2, 0.25) is 0 Å². The quantitative estimate of drug-likeness (QED) is 0.840. The van der Waals surface area contributed by atoms with Gasteiger partial charge in [-0.15, -0.1) is 5.10 Å². The Morgan fingerprint density at radius 1 is 1.20 bits per heavy atom. The Kier molecular flexibility index (Phi) is 5.24. The number of para-hydroxylation sites is 1. The van der Waals surface area contributed by atoms with Gasteiger partial charge in [0.25, 0.3) is 0 Å². The predicted octanol–water partition coefficient (Wildman–Crippen LogP) is 2.23. The highest BCUT2D eigenvalue weighted by Gasteiger charge is 2.16. The standard InChI is InChI=1S/C15H23N5/c1-4-16-13(10-12(2)3)11-15-17-18-19-20(15)14-8-6-5-7-9-14/h5-9,12-13,16H,4,10-11H2,1-3H3. The van der Waals surface area contributed by atoms with Crippen LogP contribution in [0, 0.1) is 5.92 Å². The van der Waals surface area contributed by atoms with Gasteiger partial charge in [0.2, 0.25) is 0 Å². The maximum atomic E-state index is 4.18. The van der Waals surface area contributed by atoms with Gasteiger partial charge in [-0.1, -0.05) is 39.0 Å². The van der Waals surface area contributed by atoms with Gasteiger partial charge in [-0.2, -0.15) is 4.68 Å². The molecule has 2 rings (SSSR count). The van der Waals surface area contributed by atoms with Gasteiger partial charge in [0.05, 0.1) is 5.69 Å². The van der Waals surface area contributed by atoms with Gasteiger partial charge < -0.3 is 5.32 Å². The van der Waals surface area contributed by atoms with E-state index in [-0.39, 0.29) is 0 Å². The molecule has 0 saturated heterocycles. The van der Waals surface area contributed by atoms with Gasteiger partial charge >= 0.3 is 0 Å². The van der Waals surface area contributed by atoms with Crippen molar-refractivity contribution in [1.29, 1.82) is 0 Å². The van der Waals surface area contributed by atoms with Crippen LogP contribution in [-0.2, 0) is 6.42 Å². The van der Waals surface area contributed by atoms with E-state index in [2.05, 4.69) is 41.6 Å². The maximum absolute atomic E-state index is 4.18. The number of aromatic nitrogens is 4. The lowest BCUT2D eigenvalue weighted by molar-refractivity contribution is 0.415. The van der Waals surface area contributed by atoms with Crippen molar-refractivity contribution in [1.82, 2.24) is 25.5 Å². The molecule has 1 aromatic carbocycles. The number of tetrazole rings is 1. The molecule has 5 nitrogen and oxygen atoms in total. The fraction of sp³-hybridized carbons (Fsp3) is 0.533. The molecule has 0 spiro atoms. The van der Waals surface area contributed by atoms with E-state index in [0.717, 1.165) is 30.9 Å². The Balaban J connectivity index is 2.15. The summed E-state index contributed by atoms with van der Waals surface area (Å²) in [5, 5.41) is 15.6. The second-order valence-electron chi connectivity index (χ2n) is 5.43. The molecule has 0 radical (unpaired) electrons. The highest BCUT2D eigenvalue weighted by molar-refractivity contribution is 5.30.